The third-order valence-corrected chi connectivity index (χ3v) is 5.51. The van der Waals surface area contributed by atoms with Crippen molar-refractivity contribution in [2.45, 2.75) is 23.8 Å². The summed E-state index contributed by atoms with van der Waals surface area (Å²) in [5.74, 6) is 1.70. The van der Waals surface area contributed by atoms with E-state index in [9.17, 15) is 4.79 Å². The van der Waals surface area contributed by atoms with Crippen molar-refractivity contribution < 1.29 is 9.53 Å². The Bertz CT molecular complexity index is 683. The van der Waals surface area contributed by atoms with Gasteiger partial charge in [0.2, 0.25) is 0 Å². The van der Waals surface area contributed by atoms with Crippen LogP contribution in [0.2, 0.25) is 0 Å². The first-order chi connectivity index (χ1) is 12.7. The van der Waals surface area contributed by atoms with E-state index in [1.54, 1.807) is 11.8 Å². The minimum absolute atomic E-state index is 0.00531. The number of ether oxygens (including phenoxy) is 1. The molecule has 5 heteroatoms. The molecule has 1 amide bonds. The zero-order chi connectivity index (χ0) is 18.2. The smallest absolute Gasteiger partial charge is 0.251 e. The molecular formula is C21H26N2O2S. The maximum Gasteiger partial charge on any atom is 0.251 e. The number of piperidine rings is 1. The van der Waals surface area contributed by atoms with Crippen LogP contribution < -0.4 is 10.1 Å². The van der Waals surface area contributed by atoms with Gasteiger partial charge in [0, 0.05) is 22.3 Å². The normalized spacial score (nSPS) is 15.6. The average Bonchev–Trinajstić information content (AvgIpc) is 2.68. The molecule has 0 spiro atoms. The van der Waals surface area contributed by atoms with Gasteiger partial charge in [-0.05, 0) is 69.4 Å². The minimum atomic E-state index is 0.00531. The molecule has 0 unspecified atom stereocenters. The van der Waals surface area contributed by atoms with Crippen LogP contribution in [0.3, 0.4) is 0 Å². The van der Waals surface area contributed by atoms with Crippen molar-refractivity contribution >= 4 is 17.7 Å². The topological polar surface area (TPSA) is 41.6 Å². The predicted molar refractivity (Wildman–Crippen MR) is 107 cm³/mol. The highest BCUT2D eigenvalue weighted by Gasteiger charge is 2.18. The van der Waals surface area contributed by atoms with Crippen LogP contribution in [0, 0.1) is 0 Å². The number of hydrogen-bond donors (Lipinski definition) is 1. The van der Waals surface area contributed by atoms with E-state index in [0.717, 1.165) is 37.4 Å². The van der Waals surface area contributed by atoms with Gasteiger partial charge in [-0.2, -0.15) is 0 Å². The lowest BCUT2D eigenvalue weighted by molar-refractivity contribution is 0.0917. The molecule has 0 aliphatic carbocycles. The molecule has 1 N–H and O–H groups in total. The van der Waals surface area contributed by atoms with E-state index >= 15 is 0 Å². The van der Waals surface area contributed by atoms with Crippen LogP contribution in [0.15, 0.2) is 59.5 Å². The summed E-state index contributed by atoms with van der Waals surface area (Å²) in [6.07, 6.45) is 2.03. The van der Waals surface area contributed by atoms with E-state index in [2.05, 4.69) is 29.4 Å². The van der Waals surface area contributed by atoms with Crippen LogP contribution in [-0.2, 0) is 0 Å². The zero-order valence-electron chi connectivity index (χ0n) is 15.2. The van der Waals surface area contributed by atoms with Gasteiger partial charge in [-0.1, -0.05) is 18.2 Å². The maximum atomic E-state index is 12.4. The molecule has 26 heavy (non-hydrogen) atoms. The molecule has 1 aliphatic rings. The summed E-state index contributed by atoms with van der Waals surface area (Å²) in [6, 6.07) is 18.0. The molecule has 0 bridgehead atoms. The van der Waals surface area contributed by atoms with E-state index in [1.165, 1.54) is 4.90 Å². The fourth-order valence-electron chi connectivity index (χ4n) is 2.96. The van der Waals surface area contributed by atoms with E-state index in [0.29, 0.717) is 12.2 Å². The molecule has 3 rings (SSSR count). The summed E-state index contributed by atoms with van der Waals surface area (Å²) in [6.45, 7) is 2.72. The van der Waals surface area contributed by atoms with E-state index in [-0.39, 0.29) is 11.9 Å². The van der Waals surface area contributed by atoms with Crippen LogP contribution in [0.25, 0.3) is 0 Å². The van der Waals surface area contributed by atoms with Gasteiger partial charge in [-0.15, -0.1) is 11.8 Å². The zero-order valence-corrected chi connectivity index (χ0v) is 16.0. The number of carbonyl (C=O) groups excluding carboxylic acids is 1. The number of nitrogens with zero attached hydrogens (tertiary/aromatic N) is 1. The van der Waals surface area contributed by atoms with Gasteiger partial charge < -0.3 is 15.0 Å². The Hall–Kier alpha value is -1.98. The summed E-state index contributed by atoms with van der Waals surface area (Å²) < 4.78 is 5.77. The number of rotatable bonds is 7. The lowest BCUT2D eigenvalue weighted by Gasteiger charge is -2.29. The molecule has 2 aromatic rings. The summed E-state index contributed by atoms with van der Waals surface area (Å²) in [5, 5.41) is 3.14. The quantitative estimate of drug-likeness (QED) is 0.596. The van der Waals surface area contributed by atoms with Crippen LogP contribution in [0.5, 0.6) is 5.75 Å². The summed E-state index contributed by atoms with van der Waals surface area (Å²) in [4.78, 5) is 15.9. The lowest BCUT2D eigenvalue weighted by Crippen LogP contribution is -2.43. The number of thioether (sulfide) groups is 1. The van der Waals surface area contributed by atoms with Crippen molar-refractivity contribution in [1.82, 2.24) is 10.2 Å². The van der Waals surface area contributed by atoms with Crippen molar-refractivity contribution in [3.8, 4) is 5.75 Å². The Kier molecular flexibility index (Phi) is 6.97. The minimum Gasteiger partial charge on any atom is -0.493 e. The van der Waals surface area contributed by atoms with E-state index in [1.807, 2.05) is 42.5 Å². The van der Waals surface area contributed by atoms with Gasteiger partial charge in [0.15, 0.2) is 0 Å². The highest BCUT2D eigenvalue weighted by atomic mass is 32.2. The lowest BCUT2D eigenvalue weighted by atomic mass is 10.0. The largest absolute Gasteiger partial charge is 0.493 e. The number of benzene rings is 2. The fourth-order valence-corrected chi connectivity index (χ4v) is 3.71. The van der Waals surface area contributed by atoms with E-state index < -0.39 is 0 Å². The molecule has 0 atom stereocenters. The monoisotopic (exact) mass is 370 g/mol. The number of hydrogen-bond acceptors (Lipinski definition) is 4. The third-order valence-electron chi connectivity index (χ3n) is 4.53. The number of nitrogens with one attached hydrogen (secondary N) is 1. The SMILES string of the molecule is CN1CCC(NC(=O)c2ccc(OCCSc3ccccc3)cc2)CC1. The first-order valence-corrected chi connectivity index (χ1v) is 10.1. The Morgan fingerprint density at radius 1 is 1.12 bits per heavy atom. The number of amides is 1. The second-order valence-electron chi connectivity index (χ2n) is 6.59. The molecule has 138 valence electrons. The molecular weight excluding hydrogens is 344 g/mol. The molecule has 1 saturated heterocycles. The molecule has 1 aliphatic heterocycles. The van der Waals surface area contributed by atoms with Crippen molar-refractivity contribution in [2.75, 3.05) is 32.5 Å². The molecule has 2 aromatic carbocycles. The van der Waals surface area contributed by atoms with E-state index in [4.69, 9.17) is 4.74 Å². The molecule has 0 saturated carbocycles. The first-order valence-electron chi connectivity index (χ1n) is 9.11. The summed E-state index contributed by atoms with van der Waals surface area (Å²) in [7, 11) is 2.12. The highest BCUT2D eigenvalue weighted by molar-refractivity contribution is 7.99. The van der Waals surface area contributed by atoms with Crippen LogP contribution in [0.4, 0.5) is 0 Å². The summed E-state index contributed by atoms with van der Waals surface area (Å²) >= 11 is 1.77. The van der Waals surface area contributed by atoms with Crippen LogP contribution in [0.1, 0.15) is 23.2 Å². The highest BCUT2D eigenvalue weighted by Crippen LogP contribution is 2.18. The second kappa shape index (κ2) is 9.64. The van der Waals surface area contributed by atoms with Gasteiger partial charge in [-0.25, -0.2) is 0 Å². The van der Waals surface area contributed by atoms with Crippen molar-refractivity contribution in [2.24, 2.45) is 0 Å². The Balaban J connectivity index is 1.40. The van der Waals surface area contributed by atoms with Gasteiger partial charge in [0.05, 0.1) is 6.61 Å². The standard InChI is InChI=1S/C21H26N2O2S/c1-23-13-11-18(12-14-23)22-21(24)17-7-9-19(10-8-17)25-15-16-26-20-5-3-2-4-6-20/h2-10,18H,11-16H2,1H3,(H,22,24). The predicted octanol–water partition coefficient (Wildman–Crippen LogP) is 3.68. The first kappa shape index (κ1) is 18.8. The Morgan fingerprint density at radius 2 is 1.81 bits per heavy atom. The molecule has 0 aromatic heterocycles. The second-order valence-corrected chi connectivity index (χ2v) is 7.75. The Morgan fingerprint density at radius 3 is 2.50 bits per heavy atom. The van der Waals surface area contributed by atoms with Crippen LogP contribution >= 0.6 is 11.8 Å². The number of likely N-dealkylation sites (tertiary alicyclic amines) is 1. The third kappa shape index (κ3) is 5.78. The van der Waals surface area contributed by atoms with Crippen LogP contribution in [-0.4, -0.2) is 49.3 Å². The van der Waals surface area contributed by atoms with Gasteiger partial charge in [-0.3, -0.25) is 4.79 Å². The Labute approximate surface area is 159 Å². The fraction of sp³-hybridized carbons (Fsp3) is 0.381. The van der Waals surface area contributed by atoms with Gasteiger partial charge in [0.25, 0.3) is 5.91 Å². The maximum absolute atomic E-state index is 12.4. The molecule has 0 radical (unpaired) electrons. The van der Waals surface area contributed by atoms with Gasteiger partial charge in [0.1, 0.15) is 5.75 Å². The summed E-state index contributed by atoms with van der Waals surface area (Å²) in [5.41, 5.74) is 0.690. The van der Waals surface area contributed by atoms with Crippen molar-refractivity contribution in [3.63, 3.8) is 0 Å². The van der Waals surface area contributed by atoms with Gasteiger partial charge >= 0.3 is 0 Å². The molecule has 1 fully saturated rings. The van der Waals surface area contributed by atoms with Crippen molar-refractivity contribution in [3.05, 3.63) is 60.2 Å². The molecule has 1 heterocycles. The molecule has 4 nitrogen and oxygen atoms in total. The van der Waals surface area contributed by atoms with Crippen molar-refractivity contribution in [1.29, 1.82) is 0 Å². The number of carbonyl (C=O) groups is 1. The average molecular weight is 371 g/mol.